The van der Waals surface area contributed by atoms with Crippen molar-refractivity contribution in [2.45, 2.75) is 58.4 Å². The lowest BCUT2D eigenvalue weighted by molar-refractivity contribution is -0.134. The second kappa shape index (κ2) is 12.2. The zero-order valence-corrected chi connectivity index (χ0v) is 16.4. The molecule has 1 heterocycles. The number of unbranched alkanes of at least 4 members (excludes halogenated alkanes) is 1. The fourth-order valence-corrected chi connectivity index (χ4v) is 3.29. The first-order valence-corrected chi connectivity index (χ1v) is 9.40. The van der Waals surface area contributed by atoms with Gasteiger partial charge in [0.2, 0.25) is 5.91 Å². The maximum atomic E-state index is 12.6. The lowest BCUT2D eigenvalue weighted by Gasteiger charge is -2.34. The molecule has 1 fully saturated rings. The van der Waals surface area contributed by atoms with Crippen LogP contribution in [0.4, 0.5) is 0 Å². The Hall–Kier alpha value is -1.26. The van der Waals surface area contributed by atoms with Crippen LogP contribution in [-0.2, 0) is 4.79 Å². The molecule has 4 nitrogen and oxygen atoms in total. The summed E-state index contributed by atoms with van der Waals surface area (Å²) in [5.41, 5.74) is 1.21. The molecule has 142 valence electrons. The first-order chi connectivity index (χ1) is 11.7. The maximum Gasteiger partial charge on any atom is 0.222 e. The van der Waals surface area contributed by atoms with E-state index in [1.54, 1.807) is 0 Å². The van der Waals surface area contributed by atoms with Crippen LogP contribution < -0.4 is 10.1 Å². The number of carbonyl (C=O) groups excluding carboxylic acids is 1. The molecule has 0 unspecified atom stereocenters. The average molecular weight is 369 g/mol. The number of nitrogens with zero attached hydrogens (tertiary/aromatic N) is 1. The van der Waals surface area contributed by atoms with Gasteiger partial charge in [0.15, 0.2) is 0 Å². The number of benzene rings is 1. The molecular formula is C20H33ClN2O2. The summed E-state index contributed by atoms with van der Waals surface area (Å²) >= 11 is 0. The molecule has 5 heteroatoms. The molecule has 1 aromatic carbocycles. The van der Waals surface area contributed by atoms with Crippen molar-refractivity contribution in [3.8, 4) is 5.75 Å². The van der Waals surface area contributed by atoms with Gasteiger partial charge in [-0.05, 0) is 69.8 Å². The Morgan fingerprint density at radius 3 is 2.72 bits per heavy atom. The molecule has 1 saturated heterocycles. The molecule has 1 N–H and O–H groups in total. The fourth-order valence-electron chi connectivity index (χ4n) is 3.29. The fraction of sp³-hybridized carbons (Fsp3) is 0.650. The molecule has 0 atom stereocenters. The molecular weight excluding hydrogens is 336 g/mol. The van der Waals surface area contributed by atoms with E-state index >= 15 is 0 Å². The molecule has 0 spiro atoms. The van der Waals surface area contributed by atoms with Crippen LogP contribution in [0.3, 0.4) is 0 Å². The predicted molar refractivity (Wildman–Crippen MR) is 106 cm³/mol. The van der Waals surface area contributed by atoms with Crippen LogP contribution in [0, 0.1) is 6.92 Å². The van der Waals surface area contributed by atoms with E-state index in [1.807, 2.05) is 18.2 Å². The van der Waals surface area contributed by atoms with Crippen molar-refractivity contribution in [2.75, 3.05) is 26.2 Å². The third-order valence-corrected chi connectivity index (χ3v) is 4.58. The van der Waals surface area contributed by atoms with Crippen LogP contribution >= 0.6 is 12.4 Å². The summed E-state index contributed by atoms with van der Waals surface area (Å²) in [5.74, 6) is 1.24. The molecule has 0 saturated carbocycles. The van der Waals surface area contributed by atoms with E-state index < -0.39 is 0 Å². The minimum atomic E-state index is 0. The van der Waals surface area contributed by atoms with Gasteiger partial charge in [0.1, 0.15) is 5.75 Å². The zero-order valence-electron chi connectivity index (χ0n) is 15.6. The van der Waals surface area contributed by atoms with E-state index in [4.69, 9.17) is 4.74 Å². The Morgan fingerprint density at radius 2 is 2.04 bits per heavy atom. The monoisotopic (exact) mass is 368 g/mol. The van der Waals surface area contributed by atoms with Crippen molar-refractivity contribution in [2.24, 2.45) is 0 Å². The van der Waals surface area contributed by atoms with Gasteiger partial charge in [-0.3, -0.25) is 4.79 Å². The number of hydrogen-bond donors (Lipinski definition) is 1. The summed E-state index contributed by atoms with van der Waals surface area (Å²) in [5, 5.41) is 3.38. The summed E-state index contributed by atoms with van der Waals surface area (Å²) < 4.78 is 5.76. The van der Waals surface area contributed by atoms with Crippen molar-refractivity contribution >= 4 is 18.3 Å². The highest BCUT2D eigenvalue weighted by molar-refractivity contribution is 5.85. The molecule has 0 aliphatic carbocycles. The highest BCUT2D eigenvalue weighted by Gasteiger charge is 2.23. The summed E-state index contributed by atoms with van der Waals surface area (Å²) in [6.45, 7) is 7.85. The molecule has 1 amide bonds. The summed E-state index contributed by atoms with van der Waals surface area (Å²) in [6, 6.07) is 8.54. The smallest absolute Gasteiger partial charge is 0.222 e. The largest absolute Gasteiger partial charge is 0.494 e. The Morgan fingerprint density at radius 1 is 1.28 bits per heavy atom. The third kappa shape index (κ3) is 7.66. The van der Waals surface area contributed by atoms with Gasteiger partial charge in [-0.2, -0.15) is 0 Å². The van der Waals surface area contributed by atoms with Gasteiger partial charge in [0, 0.05) is 19.0 Å². The van der Waals surface area contributed by atoms with E-state index in [9.17, 15) is 4.79 Å². The van der Waals surface area contributed by atoms with Crippen molar-refractivity contribution < 1.29 is 9.53 Å². The van der Waals surface area contributed by atoms with Crippen molar-refractivity contribution in [3.05, 3.63) is 29.8 Å². The van der Waals surface area contributed by atoms with Gasteiger partial charge in [0.25, 0.3) is 0 Å². The average Bonchev–Trinajstić information content (AvgIpc) is 2.60. The first kappa shape index (κ1) is 21.8. The molecule has 1 aliphatic rings. The number of aryl methyl sites for hydroxylation is 1. The topological polar surface area (TPSA) is 41.6 Å². The third-order valence-electron chi connectivity index (χ3n) is 4.58. The Bertz CT molecular complexity index is 504. The number of nitrogens with one attached hydrogen (secondary N) is 1. The van der Waals surface area contributed by atoms with Crippen LogP contribution in [0.2, 0.25) is 0 Å². The van der Waals surface area contributed by atoms with Gasteiger partial charge in [-0.1, -0.05) is 19.1 Å². The number of ether oxygens (including phenoxy) is 1. The maximum absolute atomic E-state index is 12.6. The first-order valence-electron chi connectivity index (χ1n) is 9.40. The summed E-state index contributed by atoms with van der Waals surface area (Å²) in [6.07, 6.45) is 5.67. The van der Waals surface area contributed by atoms with E-state index in [1.165, 1.54) is 5.56 Å². The van der Waals surface area contributed by atoms with Crippen LogP contribution in [0.5, 0.6) is 5.75 Å². The van der Waals surface area contributed by atoms with Crippen molar-refractivity contribution in [1.82, 2.24) is 10.2 Å². The number of rotatable bonds is 9. The molecule has 1 aromatic rings. The van der Waals surface area contributed by atoms with Crippen LogP contribution in [0.15, 0.2) is 24.3 Å². The lowest BCUT2D eigenvalue weighted by atomic mass is 10.0. The molecule has 0 aromatic heterocycles. The summed E-state index contributed by atoms with van der Waals surface area (Å²) in [4.78, 5) is 14.7. The number of amides is 1. The highest BCUT2D eigenvalue weighted by atomic mass is 35.5. The van der Waals surface area contributed by atoms with E-state index in [-0.39, 0.29) is 12.4 Å². The lowest BCUT2D eigenvalue weighted by Crippen LogP contribution is -2.46. The van der Waals surface area contributed by atoms with Crippen LogP contribution in [0.1, 0.15) is 51.0 Å². The summed E-state index contributed by atoms with van der Waals surface area (Å²) in [7, 11) is 0. The zero-order chi connectivity index (χ0) is 17.2. The molecule has 25 heavy (non-hydrogen) atoms. The van der Waals surface area contributed by atoms with E-state index in [2.05, 4.69) is 30.1 Å². The molecule has 2 rings (SSSR count). The van der Waals surface area contributed by atoms with Gasteiger partial charge in [-0.25, -0.2) is 0 Å². The second-order valence-corrected chi connectivity index (χ2v) is 6.69. The number of halogens is 1. The Labute approximate surface area is 158 Å². The normalized spacial score (nSPS) is 14.6. The van der Waals surface area contributed by atoms with Gasteiger partial charge in [-0.15, -0.1) is 12.4 Å². The molecule has 1 aliphatic heterocycles. The van der Waals surface area contributed by atoms with Crippen LogP contribution in [-0.4, -0.2) is 43.1 Å². The Balaban J connectivity index is 0.00000312. The van der Waals surface area contributed by atoms with Gasteiger partial charge >= 0.3 is 0 Å². The minimum Gasteiger partial charge on any atom is -0.494 e. The SMILES string of the molecule is CCCN(C(=O)CCCCOc1cccc(C)c1)C1CCNCC1.Cl. The van der Waals surface area contributed by atoms with Gasteiger partial charge in [0.05, 0.1) is 6.61 Å². The Kier molecular flexibility index (Phi) is 10.6. The van der Waals surface area contributed by atoms with E-state index in [0.29, 0.717) is 25.0 Å². The van der Waals surface area contributed by atoms with Crippen molar-refractivity contribution in [3.63, 3.8) is 0 Å². The standard InChI is InChI=1S/C20H32N2O2.ClH/c1-3-14-22(18-10-12-21-13-11-18)20(23)9-4-5-15-24-19-8-6-7-17(2)16-19;/h6-8,16,18,21H,3-5,9-15H2,1-2H3;1H. The molecule has 0 radical (unpaired) electrons. The highest BCUT2D eigenvalue weighted by Crippen LogP contribution is 2.16. The van der Waals surface area contributed by atoms with Gasteiger partial charge < -0.3 is 15.0 Å². The quantitative estimate of drug-likeness (QED) is 0.671. The second-order valence-electron chi connectivity index (χ2n) is 6.69. The number of carbonyl (C=O) groups is 1. The minimum absolute atomic E-state index is 0. The number of hydrogen-bond acceptors (Lipinski definition) is 3. The predicted octanol–water partition coefficient (Wildman–Crippen LogP) is 3.96. The van der Waals surface area contributed by atoms with E-state index in [0.717, 1.165) is 57.5 Å². The van der Waals surface area contributed by atoms with Crippen LogP contribution in [0.25, 0.3) is 0 Å². The van der Waals surface area contributed by atoms with Crippen molar-refractivity contribution in [1.29, 1.82) is 0 Å². The molecule has 0 bridgehead atoms. The number of piperidine rings is 1.